The van der Waals surface area contributed by atoms with Crippen molar-refractivity contribution in [1.29, 1.82) is 0 Å². The van der Waals surface area contributed by atoms with Crippen molar-refractivity contribution in [3.8, 4) is 45.0 Å². The first-order valence-electron chi connectivity index (χ1n) is 41.7. The second kappa shape index (κ2) is 29.0. The van der Waals surface area contributed by atoms with Crippen molar-refractivity contribution < 1.29 is 37.3 Å². The largest absolute Gasteiger partial charge is 0.437 e. The van der Waals surface area contributed by atoms with Gasteiger partial charge in [0.1, 0.15) is 28.2 Å². The summed E-state index contributed by atoms with van der Waals surface area (Å²) in [5, 5.41) is 24.4. The van der Waals surface area contributed by atoms with Crippen LogP contribution < -0.4 is 18.3 Å². The molecule has 0 aliphatic carbocycles. The Bertz CT molecular complexity index is 8380. The predicted molar refractivity (Wildman–Crippen MR) is 495 cm³/mol. The smallest absolute Gasteiger partial charge is 0.227 e. The maximum Gasteiger partial charge on any atom is 0.227 e. The van der Waals surface area contributed by atoms with Crippen LogP contribution in [-0.4, -0.2) is 19.9 Å². The second-order valence-electron chi connectivity index (χ2n) is 32.3. The van der Waals surface area contributed by atoms with E-state index in [1.54, 1.807) is 12.4 Å². The van der Waals surface area contributed by atoms with Crippen LogP contribution in [0.5, 0.6) is 0 Å². The molecule has 0 spiro atoms. The molecule has 0 unspecified atom stereocenters. The van der Waals surface area contributed by atoms with Crippen molar-refractivity contribution in [2.24, 2.45) is 28.2 Å². The van der Waals surface area contributed by atoms with Crippen molar-refractivity contribution in [2.75, 3.05) is 0 Å². The minimum atomic E-state index is -0.751. The number of pyridine rings is 8. The molecule has 12 aromatic carbocycles. The van der Waals surface area contributed by atoms with Crippen LogP contribution in [-0.2, 0) is 28.2 Å². The number of nitrogens with zero attached hydrogens (tertiary/aromatic N) is 8. The van der Waals surface area contributed by atoms with Crippen molar-refractivity contribution in [2.45, 2.75) is 61.3 Å². The summed E-state index contributed by atoms with van der Waals surface area (Å²) in [6, 6.07) is 97.7. The van der Waals surface area contributed by atoms with Gasteiger partial charge in [0, 0.05) is 132 Å². The molecule has 0 radical (unpaired) electrons. The van der Waals surface area contributed by atoms with Gasteiger partial charge >= 0.3 is 0 Å². The Balaban J connectivity index is 0.000000100. The van der Waals surface area contributed by atoms with Gasteiger partial charge in [-0.05, 0) is 209 Å². The van der Waals surface area contributed by atoms with Crippen molar-refractivity contribution in [1.82, 2.24) is 19.9 Å². The number of benzene rings is 12. The summed E-state index contributed by atoms with van der Waals surface area (Å²) < 4.78 is 43.6. The van der Waals surface area contributed by atoms with E-state index >= 15 is 0 Å². The number of aryl methyl sites for hydroxylation is 10. The van der Waals surface area contributed by atoms with Crippen LogP contribution in [0, 0.1) is 41.5 Å². The normalized spacial score (nSPS) is 12.1. The van der Waals surface area contributed by atoms with Gasteiger partial charge in [-0.2, -0.15) is 13.7 Å². The molecule has 0 aliphatic rings. The minimum Gasteiger partial charge on any atom is -0.437 e. The third-order valence-electron chi connectivity index (χ3n) is 25.1. The van der Waals surface area contributed by atoms with Gasteiger partial charge in [0.2, 0.25) is 62.2 Å². The molecule has 12 aromatic heterocycles. The molecular formula is C109H86N8O4+4. The SMILES string of the molecule is Cc1c(-c2cc3ccccc3c[n+]2C)c2oc3ncccc3c2c2ccccc12.Cc1c(-c2ccc3ccccc3[n+]2C)c2oc3ncccc3c2c2ccccc12.Cc1ccc2c(n1)oc1c(-c3ccc4ccccc4[n+]3C)c(C)c3ccccc3c12.[2H]C(C)(C)c1cc(-c2c(C)c3ccccc3c3c2oc2nc(C)ccc23)[n+](C)c2ccccc12. The summed E-state index contributed by atoms with van der Waals surface area (Å²) >= 11 is 0. The monoisotopic (exact) mass is 1570 g/mol. The first-order valence-corrected chi connectivity index (χ1v) is 41.2. The first-order chi connectivity index (χ1) is 59.3. The van der Waals surface area contributed by atoms with Gasteiger partial charge in [-0.3, -0.25) is 0 Å². The highest BCUT2D eigenvalue weighted by Crippen LogP contribution is 2.48. The fourth-order valence-corrected chi connectivity index (χ4v) is 19.2. The van der Waals surface area contributed by atoms with E-state index in [1.165, 1.54) is 97.9 Å². The molecule has 0 N–H and O–H groups in total. The van der Waals surface area contributed by atoms with Crippen LogP contribution in [0.1, 0.15) is 60.3 Å². The van der Waals surface area contributed by atoms with Gasteiger partial charge in [-0.1, -0.05) is 166 Å². The zero-order chi connectivity index (χ0) is 83.2. The summed E-state index contributed by atoms with van der Waals surface area (Å²) in [7, 11) is 8.45. The highest BCUT2D eigenvalue weighted by atomic mass is 16.4. The Morgan fingerprint density at radius 1 is 0.281 bits per heavy atom. The van der Waals surface area contributed by atoms with Crippen LogP contribution in [0.3, 0.4) is 0 Å². The number of rotatable bonds is 5. The minimum absolute atomic E-state index is 0.663. The average Bonchev–Trinajstić information content (AvgIpc) is 1.50. The molecule has 0 bridgehead atoms. The Morgan fingerprint density at radius 3 is 1.02 bits per heavy atom. The standard InChI is InChI=1S/C30H27N2O.C27H21N2O.2C26H19N2O/c1-17(2)24-16-26(32(5)25-13-9-8-11-21(24)25)27-19(4)20-10-6-7-12-22(20)28-23-15-14-18(3)31-30(23)33-29(27)28;1-16-12-14-21-25-20-10-6-5-9-19(20)17(2)24(26(25)30-27(21)28-16)23-15-13-18-8-4-7-11-22(18)29(23)3;1-16-18-9-4-5-10-19(18)24-20-11-7-15-27-26(20)29-25(24)23(16)22-14-13-17-8-3-6-12-21(17)28(22)2;1-16-19-10-5-6-11-20(19)24-21-12-7-13-27-26(21)29-25(24)23(16)22-14-17-8-3-4-9-18(17)15-28(22)2/h6-17H,1-5H3;4-15H,1-3H3;2*3-15H,1-2H3/q4*+1/i17D;;;. The van der Waals surface area contributed by atoms with E-state index in [0.717, 1.165) is 138 Å². The van der Waals surface area contributed by atoms with E-state index in [2.05, 4.69) is 350 Å². The molecule has 0 fully saturated rings. The molecule has 12 heteroatoms. The molecule has 12 nitrogen and oxygen atoms in total. The summed E-state index contributed by atoms with van der Waals surface area (Å²) in [5.74, 6) is -0.751. The molecule has 0 saturated carbocycles. The van der Waals surface area contributed by atoms with Crippen LogP contribution in [0.15, 0.2) is 315 Å². The van der Waals surface area contributed by atoms with E-state index < -0.39 is 5.89 Å². The van der Waals surface area contributed by atoms with Gasteiger partial charge in [-0.25, -0.2) is 24.5 Å². The maximum atomic E-state index is 8.90. The summed E-state index contributed by atoms with van der Waals surface area (Å²) in [6.45, 7) is 16.6. The number of hydrogen-bond acceptors (Lipinski definition) is 8. The van der Waals surface area contributed by atoms with Gasteiger partial charge in [-0.15, -0.1) is 0 Å². The van der Waals surface area contributed by atoms with Crippen molar-refractivity contribution >= 4 is 175 Å². The van der Waals surface area contributed by atoms with Crippen LogP contribution in [0.25, 0.3) is 220 Å². The maximum absolute atomic E-state index is 8.90. The summed E-state index contributed by atoms with van der Waals surface area (Å²) in [6.07, 6.45) is 5.76. The fraction of sp³-hybridized carbons (Fsp3) is 0.119. The first kappa shape index (κ1) is 72.6. The molecule has 582 valence electrons. The lowest BCUT2D eigenvalue weighted by Gasteiger charge is -2.15. The Morgan fingerprint density at radius 2 is 0.603 bits per heavy atom. The van der Waals surface area contributed by atoms with Gasteiger partial charge in [0.05, 0.1) is 22.3 Å². The third-order valence-corrected chi connectivity index (χ3v) is 25.1. The molecular weight excluding hydrogens is 1490 g/mol. The van der Waals surface area contributed by atoms with Gasteiger partial charge in [0.15, 0.2) is 28.5 Å². The number of aromatic nitrogens is 8. The summed E-state index contributed by atoms with van der Waals surface area (Å²) in [4.78, 5) is 18.4. The Kier molecular flexibility index (Phi) is 17.4. The average molecular weight is 1570 g/mol. The molecule has 24 aromatic rings. The second-order valence-corrected chi connectivity index (χ2v) is 32.3. The van der Waals surface area contributed by atoms with E-state index in [-0.39, 0.29) is 0 Å². The molecule has 0 saturated heterocycles. The Labute approximate surface area is 699 Å². The van der Waals surface area contributed by atoms with Crippen molar-refractivity contribution in [3.63, 3.8) is 0 Å². The highest BCUT2D eigenvalue weighted by Gasteiger charge is 2.32. The van der Waals surface area contributed by atoms with Crippen molar-refractivity contribution in [3.05, 3.63) is 337 Å². The van der Waals surface area contributed by atoms with Crippen LogP contribution in [0.4, 0.5) is 0 Å². The zero-order valence-electron chi connectivity index (χ0n) is 70.5. The highest BCUT2D eigenvalue weighted by molar-refractivity contribution is 6.27. The van der Waals surface area contributed by atoms with E-state index in [4.69, 9.17) is 24.0 Å². The molecule has 12 heterocycles. The lowest BCUT2D eigenvalue weighted by molar-refractivity contribution is -0.659. The molecule has 0 atom stereocenters. The lowest BCUT2D eigenvalue weighted by atomic mass is 9.90. The molecule has 24 rings (SSSR count). The van der Waals surface area contributed by atoms with E-state index in [0.29, 0.717) is 22.9 Å². The van der Waals surface area contributed by atoms with Gasteiger partial charge in [0.25, 0.3) is 0 Å². The molecule has 0 amide bonds. The quantitative estimate of drug-likeness (QED) is 0.156. The van der Waals surface area contributed by atoms with Crippen LogP contribution >= 0.6 is 0 Å². The number of para-hydroxylation sites is 3. The van der Waals surface area contributed by atoms with Gasteiger partial charge < -0.3 is 17.7 Å². The molecule has 121 heavy (non-hydrogen) atoms. The summed E-state index contributed by atoms with van der Waals surface area (Å²) in [5.41, 5.74) is 26.4. The van der Waals surface area contributed by atoms with E-state index in [9.17, 15) is 0 Å². The fourth-order valence-electron chi connectivity index (χ4n) is 19.2. The number of fused-ring (bicyclic) bond motifs is 24. The topological polar surface area (TPSA) is 120 Å². The Hall–Kier alpha value is -14.9. The van der Waals surface area contributed by atoms with Crippen LogP contribution in [0.2, 0.25) is 0 Å². The number of hydrogen-bond donors (Lipinski definition) is 0. The van der Waals surface area contributed by atoms with E-state index in [1.807, 2.05) is 52.0 Å². The zero-order valence-corrected chi connectivity index (χ0v) is 69.5. The third kappa shape index (κ3) is 11.9. The lowest BCUT2D eigenvalue weighted by Crippen LogP contribution is -2.33. The predicted octanol–water partition coefficient (Wildman–Crippen LogP) is 26.1. The number of furan rings is 4. The molecule has 0 aliphatic heterocycles.